The zero-order valence-corrected chi connectivity index (χ0v) is 15.3. The third-order valence-electron chi connectivity index (χ3n) is 3.93. The number of anilines is 1. The van der Waals surface area contributed by atoms with Gasteiger partial charge in [0.15, 0.2) is 0 Å². The molecule has 1 fully saturated rings. The maximum absolute atomic E-state index is 12.6. The van der Waals surface area contributed by atoms with Crippen LogP contribution in [0.5, 0.6) is 0 Å². The first kappa shape index (κ1) is 18.3. The van der Waals surface area contributed by atoms with Crippen LogP contribution in [0.25, 0.3) is 0 Å². The van der Waals surface area contributed by atoms with Crippen LogP contribution >= 0.6 is 0 Å². The van der Waals surface area contributed by atoms with Gasteiger partial charge in [-0.15, -0.1) is 0 Å². The minimum Gasteiger partial charge on any atom is -0.444 e. The van der Waals surface area contributed by atoms with Crippen LogP contribution in [0.15, 0.2) is 24.3 Å². The van der Waals surface area contributed by atoms with Gasteiger partial charge >= 0.3 is 6.09 Å². The average Bonchev–Trinajstić information content (AvgIpc) is 2.44. The molecule has 2 unspecified atom stereocenters. The van der Waals surface area contributed by atoms with Gasteiger partial charge in [-0.3, -0.25) is 10.1 Å². The predicted molar refractivity (Wildman–Crippen MR) is 95.1 cm³/mol. The van der Waals surface area contributed by atoms with E-state index in [-0.39, 0.29) is 5.91 Å². The van der Waals surface area contributed by atoms with Crippen molar-refractivity contribution in [2.45, 2.75) is 46.6 Å². The maximum atomic E-state index is 12.6. The maximum Gasteiger partial charge on any atom is 0.412 e. The Bertz CT molecular complexity index is 580. The van der Waals surface area contributed by atoms with Crippen molar-refractivity contribution < 1.29 is 14.3 Å². The highest BCUT2D eigenvalue weighted by Crippen LogP contribution is 2.23. The van der Waals surface area contributed by atoms with Crippen LogP contribution in [0.1, 0.15) is 51.4 Å². The summed E-state index contributed by atoms with van der Waals surface area (Å²) >= 11 is 0. The Labute approximate surface area is 144 Å². The Morgan fingerprint density at radius 3 is 2.12 bits per heavy atom. The van der Waals surface area contributed by atoms with Crippen LogP contribution in [0.4, 0.5) is 10.5 Å². The van der Waals surface area contributed by atoms with E-state index in [1.54, 1.807) is 24.3 Å². The summed E-state index contributed by atoms with van der Waals surface area (Å²) in [4.78, 5) is 26.3. The van der Waals surface area contributed by atoms with Crippen LogP contribution in [0.2, 0.25) is 0 Å². The lowest BCUT2D eigenvalue weighted by Crippen LogP contribution is -2.42. The van der Waals surface area contributed by atoms with Crippen molar-refractivity contribution in [2.75, 3.05) is 18.4 Å². The number of carbonyl (C=O) groups is 2. The smallest absolute Gasteiger partial charge is 0.412 e. The number of piperidine rings is 1. The zero-order chi connectivity index (χ0) is 17.9. The van der Waals surface area contributed by atoms with Gasteiger partial charge in [0.05, 0.1) is 0 Å². The summed E-state index contributed by atoms with van der Waals surface area (Å²) < 4.78 is 5.21. The summed E-state index contributed by atoms with van der Waals surface area (Å²) in [5.41, 5.74) is 0.717. The van der Waals surface area contributed by atoms with Gasteiger partial charge in [-0.2, -0.15) is 0 Å². The van der Waals surface area contributed by atoms with Crippen molar-refractivity contribution in [3.05, 3.63) is 29.8 Å². The first-order chi connectivity index (χ1) is 11.1. The van der Waals surface area contributed by atoms with Gasteiger partial charge in [-0.25, -0.2) is 4.79 Å². The quantitative estimate of drug-likeness (QED) is 0.885. The molecule has 1 saturated heterocycles. The number of rotatable bonds is 2. The Kier molecular flexibility index (Phi) is 5.52. The van der Waals surface area contributed by atoms with Crippen molar-refractivity contribution in [1.29, 1.82) is 0 Å². The summed E-state index contributed by atoms with van der Waals surface area (Å²) in [6.45, 7) is 11.4. The number of likely N-dealkylation sites (tertiary alicyclic amines) is 1. The molecular formula is C19H28N2O3. The molecule has 1 aromatic carbocycles. The summed E-state index contributed by atoms with van der Waals surface area (Å²) in [6.07, 6.45) is 0.669. The van der Waals surface area contributed by atoms with Crippen molar-refractivity contribution in [3.63, 3.8) is 0 Å². The second-order valence-electron chi connectivity index (χ2n) is 7.86. The zero-order valence-electron chi connectivity index (χ0n) is 15.3. The van der Waals surface area contributed by atoms with Crippen molar-refractivity contribution in [3.8, 4) is 0 Å². The molecule has 2 atom stereocenters. The van der Waals surface area contributed by atoms with Gasteiger partial charge in [-0.05, 0) is 63.3 Å². The summed E-state index contributed by atoms with van der Waals surface area (Å²) in [5.74, 6) is 1.12. The minimum atomic E-state index is -0.540. The van der Waals surface area contributed by atoms with Gasteiger partial charge in [-0.1, -0.05) is 13.8 Å². The number of hydrogen-bond donors (Lipinski definition) is 1. The number of amides is 2. The molecule has 0 bridgehead atoms. The first-order valence-electron chi connectivity index (χ1n) is 8.53. The van der Waals surface area contributed by atoms with Gasteiger partial charge in [0.2, 0.25) is 0 Å². The fourth-order valence-electron chi connectivity index (χ4n) is 3.13. The Hall–Kier alpha value is -2.04. The van der Waals surface area contributed by atoms with E-state index >= 15 is 0 Å². The van der Waals surface area contributed by atoms with E-state index in [1.165, 1.54) is 6.42 Å². The third kappa shape index (κ3) is 5.25. The van der Waals surface area contributed by atoms with Gasteiger partial charge in [0.1, 0.15) is 5.60 Å². The molecule has 0 aromatic heterocycles. The first-order valence-corrected chi connectivity index (χ1v) is 8.53. The number of carbonyl (C=O) groups excluding carboxylic acids is 2. The van der Waals surface area contributed by atoms with E-state index < -0.39 is 11.7 Å². The molecule has 1 heterocycles. The standard InChI is InChI=1S/C19H28N2O3/c1-13-10-14(2)12-21(11-13)17(22)15-6-8-16(9-7-15)20-18(23)24-19(3,4)5/h6-9,13-14H,10-12H2,1-5H3,(H,20,23). The highest BCUT2D eigenvalue weighted by molar-refractivity contribution is 5.95. The third-order valence-corrected chi connectivity index (χ3v) is 3.93. The van der Waals surface area contributed by atoms with Gasteiger partial charge in [0, 0.05) is 24.3 Å². The van der Waals surface area contributed by atoms with E-state index in [2.05, 4.69) is 19.2 Å². The molecule has 1 N–H and O–H groups in total. The highest BCUT2D eigenvalue weighted by Gasteiger charge is 2.26. The second-order valence-corrected chi connectivity index (χ2v) is 7.86. The lowest BCUT2D eigenvalue weighted by Gasteiger charge is -2.35. The molecule has 0 aliphatic carbocycles. The van der Waals surface area contributed by atoms with E-state index in [4.69, 9.17) is 4.74 Å². The van der Waals surface area contributed by atoms with Crippen molar-refractivity contribution in [2.24, 2.45) is 11.8 Å². The number of hydrogen-bond acceptors (Lipinski definition) is 3. The largest absolute Gasteiger partial charge is 0.444 e. The van der Waals surface area contributed by atoms with E-state index in [9.17, 15) is 9.59 Å². The fourth-order valence-corrected chi connectivity index (χ4v) is 3.13. The number of benzene rings is 1. The van der Waals surface area contributed by atoms with E-state index in [0.29, 0.717) is 23.1 Å². The minimum absolute atomic E-state index is 0.0530. The molecule has 132 valence electrons. The number of nitrogens with zero attached hydrogens (tertiary/aromatic N) is 1. The van der Waals surface area contributed by atoms with E-state index in [1.807, 2.05) is 25.7 Å². The molecule has 5 nitrogen and oxygen atoms in total. The lowest BCUT2D eigenvalue weighted by atomic mass is 9.91. The van der Waals surface area contributed by atoms with E-state index in [0.717, 1.165) is 13.1 Å². The van der Waals surface area contributed by atoms with Crippen molar-refractivity contribution >= 4 is 17.7 Å². The fraction of sp³-hybridized carbons (Fsp3) is 0.579. The van der Waals surface area contributed by atoms with Gasteiger partial charge < -0.3 is 9.64 Å². The molecule has 2 rings (SSSR count). The highest BCUT2D eigenvalue weighted by atomic mass is 16.6. The number of ether oxygens (including phenoxy) is 1. The molecule has 24 heavy (non-hydrogen) atoms. The Balaban J connectivity index is 1.98. The number of nitrogens with one attached hydrogen (secondary N) is 1. The average molecular weight is 332 g/mol. The SMILES string of the molecule is CC1CC(C)CN(C(=O)c2ccc(NC(=O)OC(C)(C)C)cc2)C1. The normalized spacial score (nSPS) is 21.3. The van der Waals surface area contributed by atoms with Crippen molar-refractivity contribution in [1.82, 2.24) is 4.90 Å². The topological polar surface area (TPSA) is 58.6 Å². The molecule has 2 amide bonds. The van der Waals surface area contributed by atoms with Crippen LogP contribution in [0, 0.1) is 11.8 Å². The van der Waals surface area contributed by atoms with Crippen LogP contribution in [-0.2, 0) is 4.74 Å². The predicted octanol–water partition coefficient (Wildman–Crippen LogP) is 4.15. The molecule has 0 spiro atoms. The summed E-state index contributed by atoms with van der Waals surface area (Å²) in [6, 6.07) is 6.96. The molecule has 1 aliphatic heterocycles. The van der Waals surface area contributed by atoms with Crippen LogP contribution in [0.3, 0.4) is 0 Å². The Morgan fingerprint density at radius 2 is 1.62 bits per heavy atom. The molecular weight excluding hydrogens is 304 g/mol. The van der Waals surface area contributed by atoms with Crippen LogP contribution < -0.4 is 5.32 Å². The molecule has 1 aliphatic rings. The lowest BCUT2D eigenvalue weighted by molar-refractivity contribution is 0.0620. The molecule has 5 heteroatoms. The molecule has 1 aromatic rings. The molecule has 0 radical (unpaired) electrons. The monoisotopic (exact) mass is 332 g/mol. The Morgan fingerprint density at radius 1 is 1.08 bits per heavy atom. The van der Waals surface area contributed by atoms with Crippen LogP contribution in [-0.4, -0.2) is 35.6 Å². The molecule has 0 saturated carbocycles. The second kappa shape index (κ2) is 7.24. The summed E-state index contributed by atoms with van der Waals surface area (Å²) in [7, 11) is 0. The van der Waals surface area contributed by atoms with Gasteiger partial charge in [0.25, 0.3) is 5.91 Å². The summed E-state index contributed by atoms with van der Waals surface area (Å²) in [5, 5.41) is 2.67.